The van der Waals surface area contributed by atoms with Crippen LogP contribution in [0, 0.1) is 28.6 Å². The number of carbonyl (C=O) groups is 4. The molecule has 43 heavy (non-hydrogen) atoms. The van der Waals surface area contributed by atoms with E-state index in [9.17, 15) is 27.6 Å². The van der Waals surface area contributed by atoms with Gasteiger partial charge in [-0.25, -0.2) is 17.9 Å². The molecule has 236 valence electrons. The lowest BCUT2D eigenvalue weighted by Gasteiger charge is -2.38. The number of likely N-dealkylation sites (tertiary alicyclic amines) is 1. The first-order chi connectivity index (χ1) is 19.7. The maximum absolute atomic E-state index is 14.1. The van der Waals surface area contributed by atoms with Crippen molar-refractivity contribution in [3.8, 4) is 0 Å². The van der Waals surface area contributed by atoms with Crippen LogP contribution in [0.5, 0.6) is 0 Å². The first-order valence-electron chi connectivity index (χ1n) is 14.5. The zero-order valence-corrected chi connectivity index (χ0v) is 27.0. The molecule has 12 heteroatoms. The summed E-state index contributed by atoms with van der Waals surface area (Å²) in [6, 6.07) is 5.57. The van der Waals surface area contributed by atoms with Crippen LogP contribution in [0.4, 0.5) is 4.79 Å². The summed E-state index contributed by atoms with van der Waals surface area (Å²) in [6.07, 6.45) is 0.937. The van der Waals surface area contributed by atoms with Crippen LogP contribution in [0.1, 0.15) is 61.8 Å². The molecule has 1 unspecified atom stereocenters. The van der Waals surface area contributed by atoms with Crippen molar-refractivity contribution in [1.82, 2.24) is 20.3 Å². The minimum atomic E-state index is -4.19. The van der Waals surface area contributed by atoms with Crippen LogP contribution in [0.3, 0.4) is 0 Å². The second-order valence-electron chi connectivity index (χ2n) is 14.6. The molecule has 1 aromatic rings. The van der Waals surface area contributed by atoms with Crippen LogP contribution in [0.25, 0.3) is 0 Å². The molecule has 3 N–H and O–H groups in total. The quantitative estimate of drug-likeness (QED) is 0.380. The molecule has 1 heterocycles. The Labute approximate surface area is 254 Å². The number of rotatable bonds is 8. The lowest BCUT2D eigenvalue weighted by Crippen LogP contribution is -2.61. The summed E-state index contributed by atoms with van der Waals surface area (Å²) in [5, 5.41) is 5.53. The van der Waals surface area contributed by atoms with E-state index in [0.717, 1.165) is 0 Å². The van der Waals surface area contributed by atoms with Crippen LogP contribution in [-0.2, 0) is 29.1 Å². The van der Waals surface area contributed by atoms with Gasteiger partial charge in [-0.05, 0) is 62.0 Å². The van der Waals surface area contributed by atoms with Crippen molar-refractivity contribution >= 4 is 33.8 Å². The summed E-state index contributed by atoms with van der Waals surface area (Å²) in [5.74, 6) is -2.46. The number of ether oxygens (including phenoxy) is 1. The van der Waals surface area contributed by atoms with Crippen molar-refractivity contribution in [3.63, 3.8) is 0 Å². The molecule has 1 saturated heterocycles. The molecule has 6 atom stereocenters. The number of piperidine rings is 1. The van der Waals surface area contributed by atoms with E-state index in [-0.39, 0.29) is 28.6 Å². The van der Waals surface area contributed by atoms with E-state index in [4.69, 9.17) is 4.74 Å². The number of benzene rings is 1. The number of fused-ring (bicyclic) bond motifs is 1. The molecule has 1 aromatic carbocycles. The first-order valence-corrected chi connectivity index (χ1v) is 16.0. The second kappa shape index (κ2) is 10.6. The fraction of sp³-hybridized carbons (Fsp3) is 0.613. The molecule has 2 saturated carbocycles. The Kier molecular flexibility index (Phi) is 8.04. The van der Waals surface area contributed by atoms with Crippen molar-refractivity contribution < 1.29 is 32.3 Å². The van der Waals surface area contributed by atoms with E-state index < -0.39 is 68.4 Å². The highest BCUT2D eigenvalue weighted by Crippen LogP contribution is 2.65. The summed E-state index contributed by atoms with van der Waals surface area (Å²) in [7, 11) is -4.19. The van der Waals surface area contributed by atoms with Crippen molar-refractivity contribution in [1.29, 1.82) is 0 Å². The van der Waals surface area contributed by atoms with Crippen molar-refractivity contribution in [2.24, 2.45) is 28.6 Å². The number of hydrogen-bond donors (Lipinski definition) is 3. The van der Waals surface area contributed by atoms with Gasteiger partial charge in [-0.2, -0.15) is 0 Å². The Morgan fingerprint density at radius 1 is 1.07 bits per heavy atom. The van der Waals surface area contributed by atoms with E-state index in [1.165, 1.54) is 23.1 Å². The Morgan fingerprint density at radius 2 is 1.67 bits per heavy atom. The van der Waals surface area contributed by atoms with Crippen LogP contribution >= 0.6 is 0 Å². The summed E-state index contributed by atoms with van der Waals surface area (Å²) < 4.78 is 33.4. The number of hydrogen-bond acceptors (Lipinski definition) is 7. The minimum absolute atomic E-state index is 0.0481. The smallest absolute Gasteiger partial charge is 0.408 e. The summed E-state index contributed by atoms with van der Waals surface area (Å²) in [4.78, 5) is 55.7. The molecular formula is C31H44N4O7S. The average molecular weight is 617 g/mol. The summed E-state index contributed by atoms with van der Waals surface area (Å²) >= 11 is 0. The Balaban J connectivity index is 1.58. The van der Waals surface area contributed by atoms with Gasteiger partial charge in [0.1, 0.15) is 23.2 Å². The minimum Gasteiger partial charge on any atom is -0.444 e. The third-order valence-corrected chi connectivity index (χ3v) is 10.2. The zero-order chi connectivity index (χ0) is 32.3. The van der Waals surface area contributed by atoms with Crippen molar-refractivity contribution in [3.05, 3.63) is 43.0 Å². The highest BCUT2D eigenvalue weighted by Gasteiger charge is 2.71. The number of amides is 4. The Bertz CT molecular complexity index is 1430. The fourth-order valence-electron chi connectivity index (χ4n) is 6.25. The van der Waals surface area contributed by atoms with Gasteiger partial charge in [0.15, 0.2) is 0 Å². The topological polar surface area (TPSA) is 151 Å². The van der Waals surface area contributed by atoms with Crippen molar-refractivity contribution in [2.75, 3.05) is 6.54 Å². The molecule has 4 rings (SSSR count). The standard InChI is InChI=1S/C31H44N4O7S/c1-10-18-16-31(18,26(38)34-43(40,41)19-14-12-11-13-15-19)33-24(36)22-21-20(30(21,8)9)17-35(22)25(37)23(28(2,3)4)32-27(39)42-29(5,6)7/h10-15,18,20-23H,1,16-17H2,2-9H3,(H,32,39)(H,33,36)(H,34,38)/t18-,20?,21+,22+,23-,31-/m1/s1. The number of carbonyl (C=O) groups excluding carboxylic acids is 4. The second-order valence-corrected chi connectivity index (χ2v) is 16.3. The van der Waals surface area contributed by atoms with E-state index in [1.54, 1.807) is 39.0 Å². The highest BCUT2D eigenvalue weighted by molar-refractivity contribution is 7.90. The summed E-state index contributed by atoms with van der Waals surface area (Å²) in [5.41, 5.74) is -3.23. The molecular weight excluding hydrogens is 572 g/mol. The number of nitrogens with zero attached hydrogens (tertiary/aromatic N) is 1. The third kappa shape index (κ3) is 6.30. The largest absolute Gasteiger partial charge is 0.444 e. The molecule has 0 bridgehead atoms. The number of nitrogens with one attached hydrogen (secondary N) is 3. The van der Waals surface area contributed by atoms with E-state index >= 15 is 0 Å². The molecule has 3 fully saturated rings. The number of alkyl carbamates (subject to hydrolysis) is 1. The molecule has 3 aliphatic rings. The highest BCUT2D eigenvalue weighted by atomic mass is 32.2. The molecule has 0 radical (unpaired) electrons. The molecule has 11 nitrogen and oxygen atoms in total. The van der Waals surface area contributed by atoms with Gasteiger partial charge in [-0.3, -0.25) is 14.4 Å². The number of sulfonamides is 1. The van der Waals surface area contributed by atoms with Crippen LogP contribution in [0.15, 0.2) is 47.9 Å². The van der Waals surface area contributed by atoms with Gasteiger partial charge in [0.25, 0.3) is 15.9 Å². The monoisotopic (exact) mass is 616 g/mol. The maximum Gasteiger partial charge on any atom is 0.408 e. The van der Waals surface area contributed by atoms with Gasteiger partial charge >= 0.3 is 6.09 Å². The van der Waals surface area contributed by atoms with Gasteiger partial charge in [0, 0.05) is 12.5 Å². The molecule has 1 aliphatic heterocycles. The summed E-state index contributed by atoms with van der Waals surface area (Å²) in [6.45, 7) is 18.7. The van der Waals surface area contributed by atoms with Crippen LogP contribution < -0.4 is 15.4 Å². The van der Waals surface area contributed by atoms with E-state index in [2.05, 4.69) is 21.9 Å². The molecule has 0 aromatic heterocycles. The van der Waals surface area contributed by atoms with Gasteiger partial charge in [-0.15, -0.1) is 6.58 Å². The third-order valence-electron chi connectivity index (χ3n) is 8.87. The Hall–Kier alpha value is -3.41. The Morgan fingerprint density at radius 3 is 2.19 bits per heavy atom. The molecule has 4 amide bonds. The zero-order valence-electron chi connectivity index (χ0n) is 26.2. The normalized spacial score (nSPS) is 28.1. The van der Waals surface area contributed by atoms with Gasteiger partial charge < -0.3 is 20.3 Å². The van der Waals surface area contributed by atoms with Crippen LogP contribution in [0.2, 0.25) is 0 Å². The molecule has 2 aliphatic carbocycles. The fourth-order valence-corrected chi connectivity index (χ4v) is 7.31. The lowest BCUT2D eigenvalue weighted by atomic mass is 9.85. The van der Waals surface area contributed by atoms with Gasteiger partial charge in [0.05, 0.1) is 4.90 Å². The van der Waals surface area contributed by atoms with Gasteiger partial charge in [0.2, 0.25) is 11.8 Å². The first kappa shape index (κ1) is 32.5. The molecule has 0 spiro atoms. The van der Waals surface area contributed by atoms with E-state index in [1.807, 2.05) is 34.6 Å². The van der Waals surface area contributed by atoms with Crippen LogP contribution in [-0.4, -0.2) is 66.9 Å². The maximum atomic E-state index is 14.1. The van der Waals surface area contributed by atoms with E-state index in [0.29, 0.717) is 6.54 Å². The van der Waals surface area contributed by atoms with Gasteiger partial charge in [-0.1, -0.05) is 58.9 Å². The predicted octanol–water partition coefficient (Wildman–Crippen LogP) is 2.97. The van der Waals surface area contributed by atoms with Crippen molar-refractivity contribution in [2.45, 2.75) is 89.9 Å². The lowest BCUT2D eigenvalue weighted by molar-refractivity contribution is -0.144. The predicted molar refractivity (Wildman–Crippen MR) is 160 cm³/mol. The SMILES string of the molecule is C=C[C@@H]1C[C@]1(NC(=O)[C@@H]1[C@@H]2C(CN1C(=O)[C@@H](NC(=O)OC(C)(C)C)C(C)(C)C)C2(C)C)C(=O)NS(=O)(=O)c1ccccc1. The average Bonchev–Trinajstić information content (AvgIpc) is 3.63.